The number of hydrogen-bond donors (Lipinski definition) is 2. The van der Waals surface area contributed by atoms with Crippen LogP contribution < -0.4 is 10.6 Å². The van der Waals surface area contributed by atoms with E-state index in [9.17, 15) is 0 Å². The molecule has 3 rings (SSSR count). The lowest BCUT2D eigenvalue weighted by atomic mass is 10.2. The normalized spacial score (nSPS) is 10.7. The van der Waals surface area contributed by atoms with Crippen molar-refractivity contribution in [2.45, 2.75) is 19.5 Å². The summed E-state index contributed by atoms with van der Waals surface area (Å²) in [4.78, 5) is 0. The number of anilines is 1. The van der Waals surface area contributed by atoms with Gasteiger partial charge in [0.1, 0.15) is 0 Å². The smallest absolute Gasteiger partial charge is 0.171 e. The molecule has 0 aliphatic carbocycles. The Bertz CT molecular complexity index is 878. The number of aromatic nitrogens is 4. The van der Waals surface area contributed by atoms with E-state index in [1.54, 1.807) is 6.20 Å². The van der Waals surface area contributed by atoms with E-state index in [-0.39, 0.29) is 0 Å². The van der Waals surface area contributed by atoms with Crippen LogP contribution in [0.4, 0.5) is 5.82 Å². The zero-order valence-corrected chi connectivity index (χ0v) is 17.1. The molecule has 0 unspecified atom stereocenters. The standard InChI is InChI=1S/C17H18BrClN6S/c18-14-10-21-24(12-14)8-3-7-20-17(26)22-16-6-9-25(23-16)11-13-4-1-2-5-15(13)19/h1-2,4-6,9-10,12H,3,7-8,11H2,(H2,20,22,23,26). The first kappa shape index (κ1) is 18.9. The topological polar surface area (TPSA) is 59.7 Å². The lowest BCUT2D eigenvalue weighted by molar-refractivity contribution is 0.573. The van der Waals surface area contributed by atoms with Crippen LogP contribution in [0, 0.1) is 0 Å². The average molecular weight is 454 g/mol. The maximum Gasteiger partial charge on any atom is 0.171 e. The van der Waals surface area contributed by atoms with Crippen LogP contribution in [0.2, 0.25) is 5.02 Å². The minimum absolute atomic E-state index is 0.551. The van der Waals surface area contributed by atoms with Crippen LogP contribution in [0.25, 0.3) is 0 Å². The van der Waals surface area contributed by atoms with Crippen molar-refractivity contribution in [2.75, 3.05) is 11.9 Å². The van der Waals surface area contributed by atoms with E-state index in [1.807, 2.05) is 52.1 Å². The van der Waals surface area contributed by atoms with Crippen LogP contribution in [0.5, 0.6) is 0 Å². The van der Waals surface area contributed by atoms with Crippen molar-refractivity contribution in [3.8, 4) is 0 Å². The Balaban J connectivity index is 1.42. The van der Waals surface area contributed by atoms with E-state index in [0.29, 0.717) is 17.5 Å². The van der Waals surface area contributed by atoms with Gasteiger partial charge in [0.2, 0.25) is 0 Å². The molecule has 1 aromatic carbocycles. The quantitative estimate of drug-likeness (QED) is 0.419. The molecule has 0 saturated heterocycles. The first-order valence-corrected chi connectivity index (χ1v) is 9.68. The second-order valence-corrected chi connectivity index (χ2v) is 7.38. The second-order valence-electron chi connectivity index (χ2n) is 5.65. The zero-order valence-electron chi connectivity index (χ0n) is 13.9. The third-order valence-electron chi connectivity index (χ3n) is 3.62. The Morgan fingerprint density at radius 2 is 2.08 bits per heavy atom. The minimum Gasteiger partial charge on any atom is -0.362 e. The summed E-state index contributed by atoms with van der Waals surface area (Å²) in [6.45, 7) is 2.19. The number of halogens is 2. The predicted octanol–water partition coefficient (Wildman–Crippen LogP) is 3.92. The largest absolute Gasteiger partial charge is 0.362 e. The Kier molecular flexibility index (Phi) is 6.65. The van der Waals surface area contributed by atoms with Gasteiger partial charge in [0.15, 0.2) is 10.9 Å². The summed E-state index contributed by atoms with van der Waals surface area (Å²) in [5, 5.41) is 16.2. The number of hydrogen-bond acceptors (Lipinski definition) is 3. The number of nitrogens with zero attached hydrogens (tertiary/aromatic N) is 4. The number of thiocarbonyl (C=S) groups is 1. The summed E-state index contributed by atoms with van der Waals surface area (Å²) in [5.74, 6) is 0.700. The van der Waals surface area contributed by atoms with Gasteiger partial charge in [-0.05, 0) is 46.2 Å². The molecule has 0 atom stereocenters. The van der Waals surface area contributed by atoms with Crippen molar-refractivity contribution < 1.29 is 0 Å². The molecule has 0 radical (unpaired) electrons. The fourth-order valence-corrected chi connectivity index (χ4v) is 3.11. The van der Waals surface area contributed by atoms with Crippen LogP contribution >= 0.6 is 39.7 Å². The van der Waals surface area contributed by atoms with Gasteiger partial charge < -0.3 is 10.6 Å². The van der Waals surface area contributed by atoms with E-state index in [4.69, 9.17) is 23.8 Å². The van der Waals surface area contributed by atoms with Crippen molar-refractivity contribution in [2.24, 2.45) is 0 Å². The SMILES string of the molecule is S=C(NCCCn1cc(Br)cn1)Nc1ccn(Cc2ccccc2Cl)n1. The molecule has 0 spiro atoms. The van der Waals surface area contributed by atoms with Crippen molar-refractivity contribution in [3.05, 3.63) is 64.0 Å². The Labute approximate surface area is 170 Å². The van der Waals surface area contributed by atoms with Crippen LogP contribution in [-0.4, -0.2) is 31.2 Å². The van der Waals surface area contributed by atoms with Gasteiger partial charge in [0.25, 0.3) is 0 Å². The Morgan fingerprint density at radius 3 is 2.85 bits per heavy atom. The highest BCUT2D eigenvalue weighted by molar-refractivity contribution is 9.10. The van der Waals surface area contributed by atoms with E-state index in [2.05, 4.69) is 36.8 Å². The predicted molar refractivity (Wildman–Crippen MR) is 112 cm³/mol. The van der Waals surface area contributed by atoms with Gasteiger partial charge in [0.05, 0.1) is 17.2 Å². The van der Waals surface area contributed by atoms with Gasteiger partial charge in [-0.1, -0.05) is 29.8 Å². The zero-order chi connectivity index (χ0) is 18.4. The first-order chi connectivity index (χ1) is 12.6. The van der Waals surface area contributed by atoms with Crippen molar-refractivity contribution >= 4 is 50.7 Å². The van der Waals surface area contributed by atoms with E-state index < -0.39 is 0 Å². The molecule has 0 fully saturated rings. The maximum atomic E-state index is 6.19. The first-order valence-electron chi connectivity index (χ1n) is 8.10. The molecule has 0 saturated carbocycles. The van der Waals surface area contributed by atoms with Crippen molar-refractivity contribution in [1.82, 2.24) is 24.9 Å². The molecule has 2 aromatic heterocycles. The molecule has 0 bridgehead atoms. The molecule has 2 N–H and O–H groups in total. The van der Waals surface area contributed by atoms with Gasteiger partial charge in [-0.3, -0.25) is 9.36 Å². The van der Waals surface area contributed by atoms with Gasteiger partial charge in [-0.25, -0.2) is 0 Å². The molecule has 0 aliphatic heterocycles. The van der Waals surface area contributed by atoms with Crippen LogP contribution in [0.1, 0.15) is 12.0 Å². The lowest BCUT2D eigenvalue weighted by Gasteiger charge is -2.08. The highest BCUT2D eigenvalue weighted by atomic mass is 79.9. The van der Waals surface area contributed by atoms with E-state index in [1.165, 1.54) is 0 Å². The molecular weight excluding hydrogens is 436 g/mol. The summed E-state index contributed by atoms with van der Waals surface area (Å²) in [5.41, 5.74) is 1.02. The second kappa shape index (κ2) is 9.16. The summed E-state index contributed by atoms with van der Waals surface area (Å²) < 4.78 is 4.69. The molecule has 136 valence electrons. The molecule has 0 aliphatic rings. The van der Waals surface area contributed by atoms with E-state index in [0.717, 1.165) is 34.6 Å². The molecule has 2 heterocycles. The van der Waals surface area contributed by atoms with E-state index >= 15 is 0 Å². The van der Waals surface area contributed by atoms with Crippen LogP contribution in [0.3, 0.4) is 0 Å². The molecular formula is C17H18BrClN6S. The van der Waals surface area contributed by atoms with Gasteiger partial charge >= 0.3 is 0 Å². The molecule has 3 aromatic rings. The van der Waals surface area contributed by atoms with Gasteiger partial charge in [0, 0.05) is 36.6 Å². The Morgan fingerprint density at radius 1 is 1.23 bits per heavy atom. The van der Waals surface area contributed by atoms with Crippen molar-refractivity contribution in [1.29, 1.82) is 0 Å². The number of nitrogens with one attached hydrogen (secondary N) is 2. The van der Waals surface area contributed by atoms with Crippen LogP contribution in [0.15, 0.2) is 53.4 Å². The maximum absolute atomic E-state index is 6.19. The summed E-state index contributed by atoms with van der Waals surface area (Å²) in [6.07, 6.45) is 6.53. The van der Waals surface area contributed by atoms with Gasteiger partial charge in [-0.2, -0.15) is 10.2 Å². The van der Waals surface area contributed by atoms with Crippen LogP contribution in [-0.2, 0) is 13.1 Å². The number of aryl methyl sites for hydroxylation is 1. The minimum atomic E-state index is 0.551. The monoisotopic (exact) mass is 452 g/mol. The van der Waals surface area contributed by atoms with Crippen molar-refractivity contribution in [3.63, 3.8) is 0 Å². The highest BCUT2D eigenvalue weighted by Crippen LogP contribution is 2.16. The number of benzene rings is 1. The molecule has 9 heteroatoms. The summed E-state index contributed by atoms with van der Waals surface area (Å²) in [6, 6.07) is 9.62. The lowest BCUT2D eigenvalue weighted by Crippen LogP contribution is -2.30. The summed E-state index contributed by atoms with van der Waals surface area (Å²) >= 11 is 14.9. The average Bonchev–Trinajstić information content (AvgIpc) is 3.23. The molecule has 0 amide bonds. The summed E-state index contributed by atoms with van der Waals surface area (Å²) in [7, 11) is 0. The number of rotatable bonds is 7. The molecule has 6 nitrogen and oxygen atoms in total. The molecule has 26 heavy (non-hydrogen) atoms. The highest BCUT2D eigenvalue weighted by Gasteiger charge is 2.04. The fraction of sp³-hybridized carbons (Fsp3) is 0.235. The van der Waals surface area contributed by atoms with Gasteiger partial charge in [-0.15, -0.1) is 0 Å². The third kappa shape index (κ3) is 5.55. The fourth-order valence-electron chi connectivity index (χ4n) is 2.38. The third-order valence-corrected chi connectivity index (χ3v) is 4.65. The Hall–Kier alpha value is -1.90.